The Morgan fingerprint density at radius 2 is 2.35 bits per heavy atom. The summed E-state index contributed by atoms with van der Waals surface area (Å²) < 4.78 is 11.6. The molecule has 3 unspecified atom stereocenters. The van der Waals surface area contributed by atoms with Gasteiger partial charge in [-0.1, -0.05) is 0 Å². The van der Waals surface area contributed by atoms with Gasteiger partial charge >= 0.3 is 0 Å². The second-order valence-electron chi connectivity index (χ2n) is 5.28. The lowest BCUT2D eigenvalue weighted by atomic mass is 9.94. The minimum Gasteiger partial charge on any atom is -0.393 e. The fourth-order valence-electron chi connectivity index (χ4n) is 2.68. The third-order valence-electron chi connectivity index (χ3n) is 3.79. The summed E-state index contributed by atoms with van der Waals surface area (Å²) in [6.45, 7) is 2.13. The molecule has 0 aromatic rings. The van der Waals surface area contributed by atoms with E-state index in [2.05, 4.69) is 5.32 Å². The van der Waals surface area contributed by atoms with E-state index in [9.17, 15) is 14.7 Å². The monoisotopic (exact) mass is 284 g/mol. The number of carbonyl (C=O) groups is 2. The fourth-order valence-corrected chi connectivity index (χ4v) is 2.68. The van der Waals surface area contributed by atoms with Gasteiger partial charge in [0.2, 0.25) is 6.41 Å². The number of aliphatic hydroxyl groups excluding tert-OH is 1. The van der Waals surface area contributed by atoms with Crippen LogP contribution in [-0.2, 0) is 19.1 Å². The lowest BCUT2D eigenvalue weighted by molar-refractivity contribution is -0.122. The Labute approximate surface area is 117 Å². The molecule has 7 nitrogen and oxygen atoms in total. The van der Waals surface area contributed by atoms with E-state index in [0.29, 0.717) is 31.4 Å². The molecule has 2 fully saturated rings. The molecule has 0 saturated carbocycles. The number of nitrogens with zero attached hydrogens (tertiary/aromatic N) is 1. The van der Waals surface area contributed by atoms with Crippen molar-refractivity contribution in [3.8, 4) is 0 Å². The molecule has 0 spiro atoms. The highest BCUT2D eigenvalue weighted by Crippen LogP contribution is 2.40. The SMILES string of the molecule is C/C(=C/N(C)C1OC2(CO)CCOC1C2)C(=O)NC=O. The van der Waals surface area contributed by atoms with Gasteiger partial charge in [0.1, 0.15) is 6.10 Å². The van der Waals surface area contributed by atoms with Gasteiger partial charge in [-0.15, -0.1) is 0 Å². The number of amides is 2. The van der Waals surface area contributed by atoms with Crippen LogP contribution in [-0.4, -0.2) is 60.5 Å². The quantitative estimate of drug-likeness (QED) is 0.516. The first-order valence-electron chi connectivity index (χ1n) is 6.56. The predicted molar refractivity (Wildman–Crippen MR) is 69.4 cm³/mol. The summed E-state index contributed by atoms with van der Waals surface area (Å²) in [7, 11) is 1.78. The number of hydrogen-bond acceptors (Lipinski definition) is 6. The summed E-state index contributed by atoms with van der Waals surface area (Å²) in [5, 5.41) is 11.6. The van der Waals surface area contributed by atoms with Crippen LogP contribution < -0.4 is 5.32 Å². The zero-order chi connectivity index (χ0) is 14.8. The number of ether oxygens (including phenoxy) is 2. The molecule has 0 aromatic carbocycles. The molecule has 0 aliphatic carbocycles. The first kappa shape index (κ1) is 15.0. The van der Waals surface area contributed by atoms with Crippen LogP contribution in [0.25, 0.3) is 0 Å². The van der Waals surface area contributed by atoms with E-state index < -0.39 is 11.5 Å². The first-order valence-corrected chi connectivity index (χ1v) is 6.56. The van der Waals surface area contributed by atoms with Gasteiger partial charge in [-0.25, -0.2) is 0 Å². The van der Waals surface area contributed by atoms with Crippen LogP contribution in [0.1, 0.15) is 19.8 Å². The Kier molecular flexibility index (Phi) is 4.42. The molecule has 112 valence electrons. The molecule has 2 aliphatic rings. The van der Waals surface area contributed by atoms with Gasteiger partial charge in [-0.2, -0.15) is 0 Å². The maximum atomic E-state index is 11.5. The highest BCUT2D eigenvalue weighted by atomic mass is 16.6. The lowest BCUT2D eigenvalue weighted by Crippen LogP contribution is -2.37. The van der Waals surface area contributed by atoms with E-state index >= 15 is 0 Å². The van der Waals surface area contributed by atoms with Crippen LogP contribution in [0.4, 0.5) is 0 Å². The smallest absolute Gasteiger partial charge is 0.254 e. The standard InChI is InChI=1S/C13H20N2O5/c1-9(11(18)14-8-17)6-15(2)12-10-5-13(7-16,20-12)3-4-19-10/h6,8,10,12,16H,3-5,7H2,1-2H3,(H,14,17,18)/b9-6-. The Hall–Kier alpha value is -1.44. The Morgan fingerprint density at radius 1 is 1.60 bits per heavy atom. The van der Waals surface area contributed by atoms with Crippen molar-refractivity contribution in [2.45, 2.75) is 37.7 Å². The van der Waals surface area contributed by atoms with Gasteiger partial charge < -0.3 is 19.5 Å². The molecule has 20 heavy (non-hydrogen) atoms. The summed E-state index contributed by atoms with van der Waals surface area (Å²) in [6, 6.07) is 0. The molecule has 3 atom stereocenters. The molecule has 2 saturated heterocycles. The maximum Gasteiger partial charge on any atom is 0.254 e. The lowest BCUT2D eigenvalue weighted by Gasteiger charge is -2.28. The number of rotatable bonds is 5. The summed E-state index contributed by atoms with van der Waals surface area (Å²) in [5.74, 6) is -0.453. The molecule has 2 bridgehead atoms. The van der Waals surface area contributed by atoms with E-state index in [1.165, 1.54) is 0 Å². The number of hydrogen-bond donors (Lipinski definition) is 2. The van der Waals surface area contributed by atoms with Crippen molar-refractivity contribution in [3.05, 3.63) is 11.8 Å². The normalized spacial score (nSPS) is 32.9. The van der Waals surface area contributed by atoms with E-state index in [1.807, 2.05) is 0 Å². The topological polar surface area (TPSA) is 88.1 Å². The minimum absolute atomic E-state index is 0.0362. The molecule has 2 heterocycles. The zero-order valence-electron chi connectivity index (χ0n) is 11.7. The average Bonchev–Trinajstić information content (AvgIpc) is 2.71. The average molecular weight is 284 g/mol. The van der Waals surface area contributed by atoms with Gasteiger partial charge in [0, 0.05) is 31.7 Å². The molecule has 2 amide bonds. The first-order chi connectivity index (χ1) is 9.51. The van der Waals surface area contributed by atoms with E-state index in [4.69, 9.17) is 9.47 Å². The van der Waals surface area contributed by atoms with Crippen LogP contribution in [0.2, 0.25) is 0 Å². The van der Waals surface area contributed by atoms with Crippen molar-refractivity contribution in [2.75, 3.05) is 20.3 Å². The van der Waals surface area contributed by atoms with E-state index in [0.717, 1.165) is 0 Å². The second kappa shape index (κ2) is 5.90. The van der Waals surface area contributed by atoms with Crippen LogP contribution in [0, 0.1) is 0 Å². The molecular formula is C13H20N2O5. The molecule has 2 rings (SSSR count). The second-order valence-corrected chi connectivity index (χ2v) is 5.28. The van der Waals surface area contributed by atoms with E-state index in [1.54, 1.807) is 25.1 Å². The predicted octanol–water partition coefficient (Wildman–Crippen LogP) is -0.639. The Morgan fingerprint density at radius 3 is 2.95 bits per heavy atom. The van der Waals surface area contributed by atoms with Gasteiger partial charge in [0.25, 0.3) is 5.91 Å². The Bertz CT molecular complexity index is 425. The molecule has 2 aliphatic heterocycles. The number of carbonyl (C=O) groups excluding carboxylic acids is 2. The summed E-state index contributed by atoms with van der Waals surface area (Å²) in [5.41, 5.74) is -0.142. The summed E-state index contributed by atoms with van der Waals surface area (Å²) in [4.78, 5) is 23.5. The van der Waals surface area contributed by atoms with E-state index in [-0.39, 0.29) is 18.9 Å². The van der Waals surface area contributed by atoms with Crippen molar-refractivity contribution >= 4 is 12.3 Å². The van der Waals surface area contributed by atoms with Crippen molar-refractivity contribution < 1.29 is 24.2 Å². The molecular weight excluding hydrogens is 264 g/mol. The molecule has 0 aromatic heterocycles. The number of fused-ring (bicyclic) bond motifs is 2. The summed E-state index contributed by atoms with van der Waals surface area (Å²) in [6.07, 6.45) is 2.80. The molecule has 7 heteroatoms. The van der Waals surface area contributed by atoms with Crippen LogP contribution in [0.3, 0.4) is 0 Å². The highest BCUT2D eigenvalue weighted by molar-refractivity contribution is 5.98. The Balaban J connectivity index is 2.06. The van der Waals surface area contributed by atoms with Gasteiger partial charge in [-0.3, -0.25) is 14.9 Å². The molecule has 0 radical (unpaired) electrons. The van der Waals surface area contributed by atoms with Crippen LogP contribution in [0.5, 0.6) is 0 Å². The van der Waals surface area contributed by atoms with Crippen molar-refractivity contribution in [3.63, 3.8) is 0 Å². The van der Waals surface area contributed by atoms with Gasteiger partial charge in [0.15, 0.2) is 6.23 Å². The minimum atomic E-state index is -0.533. The van der Waals surface area contributed by atoms with Crippen molar-refractivity contribution in [1.29, 1.82) is 0 Å². The third-order valence-corrected chi connectivity index (χ3v) is 3.79. The number of imide groups is 1. The number of aliphatic hydroxyl groups is 1. The maximum absolute atomic E-state index is 11.5. The van der Waals surface area contributed by atoms with Crippen molar-refractivity contribution in [2.24, 2.45) is 0 Å². The van der Waals surface area contributed by atoms with Gasteiger partial charge in [0.05, 0.1) is 18.8 Å². The largest absolute Gasteiger partial charge is 0.393 e. The number of likely N-dealkylation sites (N-methyl/N-ethyl adjacent to an activating group) is 1. The zero-order valence-corrected chi connectivity index (χ0v) is 11.7. The summed E-state index contributed by atoms with van der Waals surface area (Å²) >= 11 is 0. The van der Waals surface area contributed by atoms with Gasteiger partial charge in [-0.05, 0) is 6.92 Å². The van der Waals surface area contributed by atoms with Crippen LogP contribution >= 0.6 is 0 Å². The van der Waals surface area contributed by atoms with Crippen LogP contribution in [0.15, 0.2) is 11.8 Å². The fraction of sp³-hybridized carbons (Fsp3) is 0.692. The van der Waals surface area contributed by atoms with Crippen molar-refractivity contribution in [1.82, 2.24) is 10.2 Å². The highest BCUT2D eigenvalue weighted by Gasteiger charge is 2.50. The third kappa shape index (κ3) is 2.84. The molecule has 2 N–H and O–H groups in total. The number of nitrogens with one attached hydrogen (secondary N) is 1.